The summed E-state index contributed by atoms with van der Waals surface area (Å²) >= 11 is 0. The van der Waals surface area contributed by atoms with Gasteiger partial charge in [-0.15, -0.1) is 0 Å². The lowest BCUT2D eigenvalue weighted by molar-refractivity contribution is -0.141. The molecule has 7 nitrogen and oxygen atoms in total. The Balaban J connectivity index is 1.56. The standard InChI is InChI=1S/C24H24N2O5/c1-15(24(29)26-11-5-8-17(14-26)23(25)28)30-18-9-10-19-20(16-6-3-2-4-7-16)13-22(27)31-21(19)12-18/h2-4,6-7,9-10,12-13,15,17H,5,8,11,14H2,1H3,(H2,25,28). The molecule has 0 aliphatic carbocycles. The molecule has 3 aromatic rings. The first kappa shape index (κ1) is 20.7. The second-order valence-electron chi connectivity index (χ2n) is 7.79. The average Bonchev–Trinajstić information content (AvgIpc) is 2.78. The number of likely N-dealkylation sites (tertiary alicyclic amines) is 1. The minimum absolute atomic E-state index is 0.203. The van der Waals surface area contributed by atoms with Crippen molar-refractivity contribution in [1.29, 1.82) is 0 Å². The highest BCUT2D eigenvalue weighted by molar-refractivity contribution is 5.93. The van der Waals surface area contributed by atoms with Crippen LogP contribution in [0.5, 0.6) is 5.75 Å². The smallest absolute Gasteiger partial charge is 0.336 e. The molecule has 2 heterocycles. The Morgan fingerprint density at radius 2 is 1.94 bits per heavy atom. The van der Waals surface area contributed by atoms with Crippen molar-refractivity contribution in [2.75, 3.05) is 13.1 Å². The van der Waals surface area contributed by atoms with Gasteiger partial charge in [0.1, 0.15) is 11.3 Å². The highest BCUT2D eigenvalue weighted by Gasteiger charge is 2.30. The fourth-order valence-corrected chi connectivity index (χ4v) is 3.99. The van der Waals surface area contributed by atoms with Crippen LogP contribution < -0.4 is 16.1 Å². The molecule has 7 heteroatoms. The van der Waals surface area contributed by atoms with Crippen LogP contribution in [-0.4, -0.2) is 35.9 Å². The van der Waals surface area contributed by atoms with Crippen LogP contribution in [0, 0.1) is 5.92 Å². The summed E-state index contributed by atoms with van der Waals surface area (Å²) in [7, 11) is 0. The van der Waals surface area contributed by atoms with Crippen LogP contribution in [0.3, 0.4) is 0 Å². The zero-order chi connectivity index (χ0) is 22.0. The van der Waals surface area contributed by atoms with Gasteiger partial charge < -0.3 is 19.8 Å². The maximum Gasteiger partial charge on any atom is 0.336 e. The van der Waals surface area contributed by atoms with Gasteiger partial charge in [0, 0.05) is 30.6 Å². The number of hydrogen-bond acceptors (Lipinski definition) is 5. The zero-order valence-corrected chi connectivity index (χ0v) is 17.2. The van der Waals surface area contributed by atoms with E-state index in [2.05, 4.69) is 0 Å². The molecule has 0 spiro atoms. The average molecular weight is 420 g/mol. The molecule has 1 aliphatic rings. The number of carbonyl (C=O) groups excluding carboxylic acids is 2. The van der Waals surface area contributed by atoms with Gasteiger partial charge in [-0.1, -0.05) is 30.3 Å². The summed E-state index contributed by atoms with van der Waals surface area (Å²) in [6.07, 6.45) is 0.671. The maximum absolute atomic E-state index is 12.8. The monoisotopic (exact) mass is 420 g/mol. The van der Waals surface area contributed by atoms with E-state index in [0.717, 1.165) is 22.9 Å². The number of benzene rings is 2. The molecule has 1 fully saturated rings. The Kier molecular flexibility index (Phi) is 5.75. The summed E-state index contributed by atoms with van der Waals surface area (Å²) in [6.45, 7) is 2.55. The van der Waals surface area contributed by atoms with Gasteiger partial charge in [0.25, 0.3) is 5.91 Å². The first-order valence-electron chi connectivity index (χ1n) is 10.3. The second kappa shape index (κ2) is 8.63. The van der Waals surface area contributed by atoms with Gasteiger partial charge in [-0.25, -0.2) is 4.79 Å². The lowest BCUT2D eigenvalue weighted by atomic mass is 9.97. The van der Waals surface area contributed by atoms with Crippen molar-refractivity contribution in [3.63, 3.8) is 0 Å². The molecule has 2 amide bonds. The van der Waals surface area contributed by atoms with Crippen molar-refractivity contribution in [3.05, 3.63) is 65.0 Å². The second-order valence-corrected chi connectivity index (χ2v) is 7.79. The Morgan fingerprint density at radius 1 is 1.16 bits per heavy atom. The molecule has 4 rings (SSSR count). The van der Waals surface area contributed by atoms with Crippen molar-refractivity contribution < 1.29 is 18.7 Å². The van der Waals surface area contributed by atoms with Gasteiger partial charge in [0.05, 0.1) is 5.92 Å². The van der Waals surface area contributed by atoms with E-state index in [1.165, 1.54) is 6.07 Å². The molecular weight excluding hydrogens is 396 g/mol. The van der Waals surface area contributed by atoms with Gasteiger partial charge in [0.15, 0.2) is 6.10 Å². The number of nitrogens with two attached hydrogens (primary N) is 1. The zero-order valence-electron chi connectivity index (χ0n) is 17.2. The molecule has 31 heavy (non-hydrogen) atoms. The Bertz CT molecular complexity index is 1170. The molecule has 2 N–H and O–H groups in total. The summed E-state index contributed by atoms with van der Waals surface area (Å²) in [5, 5.41) is 0.775. The number of rotatable bonds is 5. The van der Waals surface area contributed by atoms with Crippen molar-refractivity contribution in [3.8, 4) is 16.9 Å². The van der Waals surface area contributed by atoms with Gasteiger partial charge in [-0.05, 0) is 43.0 Å². The van der Waals surface area contributed by atoms with Crippen LogP contribution in [0.25, 0.3) is 22.1 Å². The number of hydrogen-bond donors (Lipinski definition) is 1. The van der Waals surface area contributed by atoms with E-state index < -0.39 is 11.7 Å². The van der Waals surface area contributed by atoms with E-state index >= 15 is 0 Å². The fourth-order valence-electron chi connectivity index (χ4n) is 3.99. The van der Waals surface area contributed by atoms with Gasteiger partial charge >= 0.3 is 5.63 Å². The number of fused-ring (bicyclic) bond motifs is 1. The minimum atomic E-state index is -0.756. The maximum atomic E-state index is 12.8. The lowest BCUT2D eigenvalue weighted by Crippen LogP contribution is -2.48. The normalized spacial score (nSPS) is 17.3. The highest BCUT2D eigenvalue weighted by atomic mass is 16.5. The Labute approximate surface area is 179 Å². The predicted octanol–water partition coefficient (Wildman–Crippen LogP) is 2.95. The van der Waals surface area contributed by atoms with Crippen molar-refractivity contribution in [1.82, 2.24) is 4.90 Å². The van der Waals surface area contributed by atoms with Crippen LogP contribution in [-0.2, 0) is 9.59 Å². The van der Waals surface area contributed by atoms with Crippen LogP contribution in [0.4, 0.5) is 0 Å². The number of amides is 2. The fraction of sp³-hybridized carbons (Fsp3) is 0.292. The third-order valence-corrected chi connectivity index (χ3v) is 5.60. The molecule has 0 saturated carbocycles. The lowest BCUT2D eigenvalue weighted by Gasteiger charge is -2.32. The van der Waals surface area contributed by atoms with E-state index in [0.29, 0.717) is 30.8 Å². The third kappa shape index (κ3) is 4.45. The molecule has 1 aromatic heterocycles. The summed E-state index contributed by atoms with van der Waals surface area (Å²) in [6, 6.07) is 16.2. The quantitative estimate of drug-likeness (QED) is 0.639. The van der Waals surface area contributed by atoms with Crippen molar-refractivity contribution in [2.24, 2.45) is 11.7 Å². The number of primary amides is 1. The molecular formula is C24H24N2O5. The number of carbonyl (C=O) groups is 2. The largest absolute Gasteiger partial charge is 0.481 e. The van der Waals surface area contributed by atoms with Crippen LogP contribution >= 0.6 is 0 Å². The van der Waals surface area contributed by atoms with E-state index in [4.69, 9.17) is 14.9 Å². The topological polar surface area (TPSA) is 103 Å². The third-order valence-electron chi connectivity index (χ3n) is 5.60. The summed E-state index contributed by atoms with van der Waals surface area (Å²) in [5.41, 5.74) is 7.01. The number of ether oxygens (including phenoxy) is 1. The van der Waals surface area contributed by atoms with Crippen LogP contribution in [0.2, 0.25) is 0 Å². The molecule has 0 bridgehead atoms. The van der Waals surface area contributed by atoms with E-state index in [1.807, 2.05) is 36.4 Å². The minimum Gasteiger partial charge on any atom is -0.481 e. The molecule has 2 aromatic carbocycles. The Hall–Kier alpha value is -3.61. The molecule has 2 atom stereocenters. The van der Waals surface area contributed by atoms with Gasteiger partial charge in [-0.3, -0.25) is 9.59 Å². The first-order valence-corrected chi connectivity index (χ1v) is 10.3. The van der Waals surface area contributed by atoms with Gasteiger partial charge in [-0.2, -0.15) is 0 Å². The van der Waals surface area contributed by atoms with E-state index in [9.17, 15) is 14.4 Å². The van der Waals surface area contributed by atoms with Gasteiger partial charge in [0.2, 0.25) is 5.91 Å². The molecule has 0 radical (unpaired) electrons. The van der Waals surface area contributed by atoms with Crippen LogP contribution in [0.15, 0.2) is 63.8 Å². The first-order chi connectivity index (χ1) is 14.9. The van der Waals surface area contributed by atoms with Crippen LogP contribution in [0.1, 0.15) is 19.8 Å². The van der Waals surface area contributed by atoms with Crippen molar-refractivity contribution in [2.45, 2.75) is 25.9 Å². The van der Waals surface area contributed by atoms with E-state index in [1.54, 1.807) is 24.0 Å². The van der Waals surface area contributed by atoms with Crippen molar-refractivity contribution >= 4 is 22.8 Å². The summed E-state index contributed by atoms with van der Waals surface area (Å²) in [4.78, 5) is 38.0. The number of piperidine rings is 1. The predicted molar refractivity (Wildman–Crippen MR) is 117 cm³/mol. The molecule has 2 unspecified atom stereocenters. The summed E-state index contributed by atoms with van der Waals surface area (Å²) in [5.74, 6) is -0.489. The molecule has 1 saturated heterocycles. The van der Waals surface area contributed by atoms with E-state index in [-0.39, 0.29) is 17.7 Å². The molecule has 1 aliphatic heterocycles. The SMILES string of the molecule is CC(Oc1ccc2c(-c3ccccc3)cc(=O)oc2c1)C(=O)N1CCCC(C(N)=O)C1. The summed E-state index contributed by atoms with van der Waals surface area (Å²) < 4.78 is 11.2. The number of nitrogens with zero attached hydrogens (tertiary/aromatic N) is 1. The highest BCUT2D eigenvalue weighted by Crippen LogP contribution is 2.30. The Morgan fingerprint density at radius 3 is 2.68 bits per heavy atom. The molecule has 160 valence electrons.